The van der Waals surface area contributed by atoms with Gasteiger partial charge in [0.15, 0.2) is 11.6 Å². The van der Waals surface area contributed by atoms with Gasteiger partial charge in [-0.2, -0.15) is 10.4 Å². The van der Waals surface area contributed by atoms with Gasteiger partial charge >= 0.3 is 6.03 Å². The van der Waals surface area contributed by atoms with Gasteiger partial charge in [-0.25, -0.2) is 27.3 Å². The normalized spacial score (nSPS) is 20.2. The van der Waals surface area contributed by atoms with Crippen molar-refractivity contribution in [3.8, 4) is 6.07 Å². The van der Waals surface area contributed by atoms with Crippen LogP contribution in [0.3, 0.4) is 0 Å². The number of rotatable bonds is 9. The number of aromatic amines is 1. The van der Waals surface area contributed by atoms with Gasteiger partial charge in [0.2, 0.25) is 5.91 Å². The number of H-pyrrole nitrogens is 1. The average Bonchev–Trinajstić information content (AvgIpc) is 3.87. The molecular weight excluding hydrogens is 836 g/mol. The number of urea groups is 1. The van der Waals surface area contributed by atoms with Crippen molar-refractivity contribution in [1.29, 1.82) is 5.26 Å². The number of carbonyl (C=O) groups excluding carboxylic acids is 2. The summed E-state index contributed by atoms with van der Waals surface area (Å²) < 4.78 is 57.3. The number of nitrogens with zero attached hydrogens (tertiary/aromatic N) is 7. The zero-order valence-corrected chi connectivity index (χ0v) is 36.2. The SMILES string of the molecule is CCN(C)SNc1ccc(F)c(Nc2ccc3nc[nH]c(=O)c3c2F)c1C#N.Cn1nc(N2CCC(=O)NC2=O)c2cc(F)c(C3CCC(N4CCC5(CCCO5)CC4)CC3)cc21. The van der Waals surface area contributed by atoms with Crippen LogP contribution in [0.5, 0.6) is 0 Å². The number of imide groups is 1. The molecule has 3 saturated heterocycles. The highest BCUT2D eigenvalue weighted by atomic mass is 32.2. The summed E-state index contributed by atoms with van der Waals surface area (Å²) in [7, 11) is 3.66. The molecule has 2 aromatic heterocycles. The first-order chi connectivity index (χ1) is 30.4. The summed E-state index contributed by atoms with van der Waals surface area (Å²) in [6.45, 7) is 6.09. The van der Waals surface area contributed by atoms with E-state index in [2.05, 4.69) is 35.3 Å². The van der Waals surface area contributed by atoms with Gasteiger partial charge in [-0.1, -0.05) is 6.92 Å². The van der Waals surface area contributed by atoms with E-state index in [1.807, 2.05) is 37.5 Å². The molecule has 0 bridgehead atoms. The van der Waals surface area contributed by atoms with Gasteiger partial charge in [-0.05, 0) is 106 Å². The summed E-state index contributed by atoms with van der Waals surface area (Å²) in [5, 5.41) is 19.3. The Balaban J connectivity index is 0.000000178. The molecule has 1 spiro atoms. The molecule has 0 atom stereocenters. The highest BCUT2D eigenvalue weighted by Gasteiger charge is 2.40. The molecule has 15 nitrogen and oxygen atoms in total. The molecule has 1 aliphatic carbocycles. The van der Waals surface area contributed by atoms with E-state index in [-0.39, 0.29) is 64.1 Å². The van der Waals surface area contributed by atoms with E-state index >= 15 is 4.39 Å². The third-order valence-corrected chi connectivity index (χ3v) is 13.7. The van der Waals surface area contributed by atoms with Gasteiger partial charge in [0.05, 0.1) is 40.0 Å². The third-order valence-electron chi connectivity index (χ3n) is 12.8. The van der Waals surface area contributed by atoms with Crippen LogP contribution >= 0.6 is 12.1 Å². The number of anilines is 4. The quantitative estimate of drug-likeness (QED) is 0.107. The highest BCUT2D eigenvalue weighted by molar-refractivity contribution is 7.98. The molecule has 19 heteroatoms. The smallest absolute Gasteiger partial charge is 0.329 e. The summed E-state index contributed by atoms with van der Waals surface area (Å²) >= 11 is 1.24. The molecule has 3 aromatic carbocycles. The number of benzene rings is 3. The Hall–Kier alpha value is -5.68. The number of nitrogens with one attached hydrogen (secondary N) is 4. The molecular formula is C44H50F3N11O4S. The van der Waals surface area contributed by atoms with Crippen molar-refractivity contribution < 1.29 is 27.5 Å². The molecule has 4 N–H and O–H groups in total. The summed E-state index contributed by atoms with van der Waals surface area (Å²) in [5.74, 6) is -1.55. The number of piperidine rings is 1. The van der Waals surface area contributed by atoms with Gasteiger partial charge in [-0.3, -0.25) is 24.5 Å². The number of halogens is 3. The fourth-order valence-electron chi connectivity index (χ4n) is 9.20. The first kappa shape index (κ1) is 43.9. The average molecular weight is 886 g/mol. The number of likely N-dealkylation sites (tertiary alicyclic amines) is 1. The summed E-state index contributed by atoms with van der Waals surface area (Å²) in [6.07, 6.45) is 10.2. The Bertz CT molecular complexity index is 2630. The van der Waals surface area contributed by atoms with Gasteiger partial charge in [0.1, 0.15) is 28.7 Å². The number of amides is 3. The van der Waals surface area contributed by atoms with Crippen molar-refractivity contribution in [2.24, 2.45) is 7.05 Å². The number of hydrogen-bond acceptors (Lipinski definition) is 12. The lowest BCUT2D eigenvalue weighted by Gasteiger charge is -2.44. The Labute approximate surface area is 366 Å². The maximum Gasteiger partial charge on any atom is 0.329 e. The Morgan fingerprint density at radius 2 is 1.78 bits per heavy atom. The van der Waals surface area contributed by atoms with Crippen molar-refractivity contribution in [1.82, 2.24) is 34.3 Å². The molecule has 0 radical (unpaired) electrons. The van der Waals surface area contributed by atoms with Crippen molar-refractivity contribution in [2.75, 3.05) is 54.8 Å². The molecule has 63 heavy (non-hydrogen) atoms. The molecule has 4 aliphatic rings. The van der Waals surface area contributed by atoms with Crippen LogP contribution in [0, 0.1) is 28.8 Å². The molecule has 332 valence electrons. The number of carbonyl (C=O) groups is 2. The van der Waals surface area contributed by atoms with Crippen LogP contribution in [0.2, 0.25) is 0 Å². The largest absolute Gasteiger partial charge is 0.375 e. The first-order valence-electron chi connectivity index (χ1n) is 21.3. The molecule has 3 aliphatic heterocycles. The van der Waals surface area contributed by atoms with Crippen molar-refractivity contribution in [3.63, 3.8) is 0 Å². The third kappa shape index (κ3) is 9.08. The summed E-state index contributed by atoms with van der Waals surface area (Å²) in [4.78, 5) is 46.0. The number of ether oxygens (including phenoxy) is 1. The molecule has 9 rings (SSSR count). The van der Waals surface area contributed by atoms with Crippen LogP contribution in [0.25, 0.3) is 21.8 Å². The Morgan fingerprint density at radius 1 is 1.02 bits per heavy atom. The van der Waals surface area contributed by atoms with Gasteiger partial charge < -0.3 is 24.7 Å². The second kappa shape index (κ2) is 18.6. The van der Waals surface area contributed by atoms with E-state index in [9.17, 15) is 28.4 Å². The lowest BCUT2D eigenvalue weighted by Crippen LogP contribution is -2.49. The van der Waals surface area contributed by atoms with E-state index in [1.54, 1.807) is 4.68 Å². The zero-order chi connectivity index (χ0) is 44.4. The summed E-state index contributed by atoms with van der Waals surface area (Å²) in [5.41, 5.74) is 1.25. The maximum atomic E-state index is 15.4. The van der Waals surface area contributed by atoms with Crippen LogP contribution in [0.4, 0.5) is 40.8 Å². The van der Waals surface area contributed by atoms with Crippen molar-refractivity contribution >= 4 is 68.8 Å². The highest BCUT2D eigenvalue weighted by Crippen LogP contribution is 2.42. The summed E-state index contributed by atoms with van der Waals surface area (Å²) in [6, 6.07) is 10.8. The topological polar surface area (TPSA) is 177 Å². The van der Waals surface area contributed by atoms with Crippen LogP contribution in [0.15, 0.2) is 47.5 Å². The minimum Gasteiger partial charge on any atom is -0.375 e. The van der Waals surface area contributed by atoms with Gasteiger partial charge in [0.25, 0.3) is 5.56 Å². The van der Waals surface area contributed by atoms with E-state index < -0.39 is 23.2 Å². The Kier molecular flexibility index (Phi) is 13.0. The van der Waals surface area contributed by atoms with E-state index in [1.165, 1.54) is 66.5 Å². The zero-order valence-electron chi connectivity index (χ0n) is 35.4. The second-order valence-electron chi connectivity index (χ2n) is 16.5. The van der Waals surface area contributed by atoms with Crippen LogP contribution in [-0.2, 0) is 16.6 Å². The fraction of sp³-hybridized carbons (Fsp3) is 0.455. The van der Waals surface area contributed by atoms with Gasteiger partial charge in [0, 0.05) is 69.8 Å². The van der Waals surface area contributed by atoms with Crippen LogP contribution < -0.4 is 25.8 Å². The monoisotopic (exact) mass is 885 g/mol. The number of aryl methyl sites for hydroxylation is 1. The van der Waals surface area contributed by atoms with E-state index in [4.69, 9.17) is 4.74 Å². The number of fused-ring (bicyclic) bond motifs is 2. The molecule has 1 saturated carbocycles. The minimum absolute atomic E-state index is 0.0170. The Morgan fingerprint density at radius 3 is 2.48 bits per heavy atom. The molecule has 0 unspecified atom stereocenters. The number of aromatic nitrogens is 4. The number of hydrogen-bond donors (Lipinski definition) is 4. The molecule has 5 aromatic rings. The second-order valence-corrected chi connectivity index (χ2v) is 17.6. The lowest BCUT2D eigenvalue weighted by atomic mass is 9.79. The van der Waals surface area contributed by atoms with E-state index in [0.29, 0.717) is 22.9 Å². The predicted molar refractivity (Wildman–Crippen MR) is 236 cm³/mol. The minimum atomic E-state index is -0.881. The first-order valence-corrected chi connectivity index (χ1v) is 22.1. The van der Waals surface area contributed by atoms with Crippen LogP contribution in [-0.4, -0.2) is 92.4 Å². The van der Waals surface area contributed by atoms with Crippen molar-refractivity contribution in [3.05, 3.63) is 81.7 Å². The molecule has 5 heterocycles. The predicted octanol–water partition coefficient (Wildman–Crippen LogP) is 7.57. The fourth-order valence-corrected chi connectivity index (χ4v) is 9.75. The maximum absolute atomic E-state index is 15.4. The molecule has 4 fully saturated rings. The number of nitriles is 1. The van der Waals surface area contributed by atoms with E-state index in [0.717, 1.165) is 75.8 Å². The van der Waals surface area contributed by atoms with Crippen LogP contribution in [0.1, 0.15) is 81.8 Å². The standard InChI is InChI=1S/C26H34FN5O3.C18H16F2N6OS/c1-30-22-16-19(21(27)15-20(22)24(29-30)32-11-7-23(33)28-25(32)34)17-3-5-18(6-4-17)31-12-9-26(10-13-31)8-2-14-35-26;1-3-26(2)28-25-12-5-4-11(19)17(10(12)8-21)24-14-7-6-13-15(16(14)20)18(27)23-9-22-13/h15-18H,2-14H2,1H3,(H,28,33,34);4-7,9,24-25H,3H2,1-2H3,(H,22,23,27). The lowest BCUT2D eigenvalue weighted by molar-refractivity contribution is -0.120. The van der Waals surface area contributed by atoms with Crippen molar-refractivity contribution in [2.45, 2.75) is 82.3 Å². The van der Waals surface area contributed by atoms with Gasteiger partial charge in [-0.15, -0.1) is 0 Å². The molecule has 3 amide bonds.